The van der Waals surface area contributed by atoms with E-state index in [4.69, 9.17) is 0 Å². The minimum Gasteiger partial charge on any atom is -0.293 e. The maximum atomic E-state index is 11.6. The van der Waals surface area contributed by atoms with Gasteiger partial charge in [-0.3, -0.25) is 4.79 Å². The van der Waals surface area contributed by atoms with Gasteiger partial charge in [-0.1, -0.05) is 4.49 Å². The van der Waals surface area contributed by atoms with E-state index in [2.05, 4.69) is 25.5 Å². The molecule has 0 radical (unpaired) electrons. The van der Waals surface area contributed by atoms with Gasteiger partial charge in [-0.15, -0.1) is 16.4 Å². The average Bonchev–Trinajstić information content (AvgIpc) is 2.77. The van der Waals surface area contributed by atoms with Crippen molar-refractivity contribution in [2.24, 2.45) is 0 Å². The number of carbonyl (C=O) groups excluding carboxylic acids is 1. The SMILES string of the molecule is O=C(Cc1sccc1Br)c1cnns1. The van der Waals surface area contributed by atoms with Gasteiger partial charge in [0, 0.05) is 15.8 Å². The Morgan fingerprint density at radius 1 is 1.57 bits per heavy atom. The van der Waals surface area contributed by atoms with Crippen LogP contribution in [0.4, 0.5) is 0 Å². The van der Waals surface area contributed by atoms with E-state index in [1.165, 1.54) is 6.20 Å². The second-order valence-electron chi connectivity index (χ2n) is 2.57. The number of carbonyl (C=O) groups is 1. The van der Waals surface area contributed by atoms with E-state index in [9.17, 15) is 4.79 Å². The second kappa shape index (κ2) is 4.29. The molecule has 0 atom stereocenters. The van der Waals surface area contributed by atoms with Crippen LogP contribution in [0, 0.1) is 0 Å². The van der Waals surface area contributed by atoms with Gasteiger partial charge in [0.25, 0.3) is 0 Å². The average molecular weight is 289 g/mol. The first-order valence-electron chi connectivity index (χ1n) is 3.80. The molecule has 0 aliphatic heterocycles. The molecule has 2 aromatic rings. The summed E-state index contributed by atoms with van der Waals surface area (Å²) in [6, 6.07) is 1.94. The third-order valence-corrected chi connectivity index (χ3v) is 4.28. The summed E-state index contributed by atoms with van der Waals surface area (Å²) in [5, 5.41) is 5.59. The van der Waals surface area contributed by atoms with Gasteiger partial charge in [-0.05, 0) is 38.9 Å². The molecule has 0 fully saturated rings. The first kappa shape index (κ1) is 9.95. The number of ketones is 1. The van der Waals surface area contributed by atoms with Gasteiger partial charge in [-0.2, -0.15) is 0 Å². The van der Waals surface area contributed by atoms with Gasteiger partial charge in [0.1, 0.15) is 4.88 Å². The summed E-state index contributed by atoms with van der Waals surface area (Å²) in [5.41, 5.74) is 0. The Morgan fingerprint density at radius 2 is 2.43 bits per heavy atom. The molecule has 2 rings (SSSR count). The van der Waals surface area contributed by atoms with Crippen molar-refractivity contribution in [3.8, 4) is 0 Å². The molecule has 2 heterocycles. The van der Waals surface area contributed by atoms with Crippen LogP contribution in [0.25, 0.3) is 0 Å². The van der Waals surface area contributed by atoms with E-state index in [1.807, 2.05) is 11.4 Å². The molecule has 3 nitrogen and oxygen atoms in total. The largest absolute Gasteiger partial charge is 0.293 e. The van der Waals surface area contributed by atoms with E-state index >= 15 is 0 Å². The summed E-state index contributed by atoms with van der Waals surface area (Å²) in [4.78, 5) is 13.3. The maximum absolute atomic E-state index is 11.6. The van der Waals surface area contributed by atoms with Crippen molar-refractivity contribution < 1.29 is 4.79 Å². The van der Waals surface area contributed by atoms with Crippen LogP contribution < -0.4 is 0 Å². The van der Waals surface area contributed by atoms with Gasteiger partial charge in [0.05, 0.1) is 6.20 Å². The summed E-state index contributed by atoms with van der Waals surface area (Å²) >= 11 is 6.10. The quantitative estimate of drug-likeness (QED) is 0.816. The number of hydrogen-bond donors (Lipinski definition) is 0. The molecule has 0 unspecified atom stereocenters. The van der Waals surface area contributed by atoms with Crippen molar-refractivity contribution >= 4 is 44.6 Å². The zero-order chi connectivity index (χ0) is 9.97. The molecular formula is C8H5BrN2OS2. The maximum Gasteiger partial charge on any atom is 0.181 e. The van der Waals surface area contributed by atoms with Crippen molar-refractivity contribution in [1.82, 2.24) is 9.59 Å². The molecule has 0 saturated carbocycles. The third kappa shape index (κ3) is 2.08. The van der Waals surface area contributed by atoms with Crippen molar-refractivity contribution in [1.29, 1.82) is 0 Å². The predicted octanol–water partition coefficient (Wildman–Crippen LogP) is 2.79. The summed E-state index contributed by atoms with van der Waals surface area (Å²) < 4.78 is 4.65. The Morgan fingerprint density at radius 3 is 3.00 bits per heavy atom. The number of halogens is 1. The second-order valence-corrected chi connectivity index (χ2v) is 5.21. The summed E-state index contributed by atoms with van der Waals surface area (Å²) in [7, 11) is 0. The molecule has 0 amide bonds. The Balaban J connectivity index is 2.13. The van der Waals surface area contributed by atoms with E-state index in [1.54, 1.807) is 11.3 Å². The monoisotopic (exact) mass is 288 g/mol. The van der Waals surface area contributed by atoms with Crippen LogP contribution in [0.2, 0.25) is 0 Å². The van der Waals surface area contributed by atoms with Gasteiger partial charge in [0.15, 0.2) is 5.78 Å². The van der Waals surface area contributed by atoms with Crippen molar-refractivity contribution in [2.75, 3.05) is 0 Å². The highest BCUT2D eigenvalue weighted by atomic mass is 79.9. The van der Waals surface area contributed by atoms with Crippen molar-refractivity contribution in [3.63, 3.8) is 0 Å². The zero-order valence-corrected chi connectivity index (χ0v) is 10.2. The highest BCUT2D eigenvalue weighted by Gasteiger charge is 2.12. The molecule has 0 bridgehead atoms. The molecule has 2 aromatic heterocycles. The lowest BCUT2D eigenvalue weighted by Crippen LogP contribution is -1.99. The topological polar surface area (TPSA) is 42.9 Å². The number of rotatable bonds is 3. The Kier molecular flexibility index (Phi) is 3.05. The molecule has 14 heavy (non-hydrogen) atoms. The van der Waals surface area contributed by atoms with Crippen molar-refractivity contribution in [2.45, 2.75) is 6.42 Å². The first-order valence-corrected chi connectivity index (χ1v) is 6.24. The van der Waals surface area contributed by atoms with Crippen LogP contribution in [-0.4, -0.2) is 15.4 Å². The van der Waals surface area contributed by atoms with E-state index in [0.717, 1.165) is 20.9 Å². The molecule has 0 aliphatic rings. The molecular weight excluding hydrogens is 284 g/mol. The van der Waals surface area contributed by atoms with Gasteiger partial charge >= 0.3 is 0 Å². The van der Waals surface area contributed by atoms with Crippen LogP contribution in [0.3, 0.4) is 0 Å². The normalized spacial score (nSPS) is 10.4. The smallest absolute Gasteiger partial charge is 0.181 e. The highest BCUT2D eigenvalue weighted by molar-refractivity contribution is 9.10. The van der Waals surface area contributed by atoms with Crippen molar-refractivity contribution in [3.05, 3.63) is 31.9 Å². The predicted molar refractivity (Wildman–Crippen MR) is 60.0 cm³/mol. The van der Waals surface area contributed by atoms with Gasteiger partial charge in [0.2, 0.25) is 0 Å². The minimum absolute atomic E-state index is 0.0724. The van der Waals surface area contributed by atoms with Gasteiger partial charge in [-0.25, -0.2) is 0 Å². The van der Waals surface area contributed by atoms with E-state index in [0.29, 0.717) is 11.3 Å². The Bertz CT molecular complexity index is 438. The summed E-state index contributed by atoms with van der Waals surface area (Å²) in [5.74, 6) is 0.0724. The van der Waals surface area contributed by atoms with Gasteiger partial charge < -0.3 is 0 Å². The highest BCUT2D eigenvalue weighted by Crippen LogP contribution is 2.24. The molecule has 0 spiro atoms. The standard InChI is InChI=1S/C8H5BrN2OS2/c9-5-1-2-13-7(5)3-6(12)8-4-10-11-14-8/h1-2,4H,3H2. The van der Waals surface area contributed by atoms with E-state index < -0.39 is 0 Å². The zero-order valence-electron chi connectivity index (χ0n) is 6.94. The first-order chi connectivity index (χ1) is 6.77. The molecule has 0 N–H and O–H groups in total. The van der Waals surface area contributed by atoms with Crippen LogP contribution >= 0.6 is 38.8 Å². The lowest BCUT2D eigenvalue weighted by molar-refractivity contribution is 0.0997. The number of nitrogens with zero attached hydrogens (tertiary/aromatic N) is 2. The van der Waals surface area contributed by atoms with Crippen LogP contribution in [0.15, 0.2) is 22.1 Å². The summed E-state index contributed by atoms with van der Waals surface area (Å²) in [6.07, 6.45) is 1.93. The Hall–Kier alpha value is -0.590. The lowest BCUT2D eigenvalue weighted by Gasteiger charge is -1.94. The van der Waals surface area contributed by atoms with E-state index in [-0.39, 0.29) is 5.78 Å². The number of hydrogen-bond acceptors (Lipinski definition) is 5. The van der Waals surface area contributed by atoms with Crippen LogP contribution in [-0.2, 0) is 6.42 Å². The fourth-order valence-electron chi connectivity index (χ4n) is 0.974. The molecule has 0 aromatic carbocycles. The van der Waals surface area contributed by atoms with Crippen LogP contribution in [0.1, 0.15) is 14.5 Å². The third-order valence-electron chi connectivity index (χ3n) is 1.65. The van der Waals surface area contributed by atoms with Crippen LogP contribution in [0.5, 0.6) is 0 Å². The lowest BCUT2D eigenvalue weighted by atomic mass is 10.2. The molecule has 6 heteroatoms. The fraction of sp³-hybridized carbons (Fsp3) is 0.125. The fourth-order valence-corrected chi connectivity index (χ4v) is 2.92. The number of Topliss-reactive ketones (excluding diaryl/α,β-unsaturated/α-hetero) is 1. The number of thiophene rings is 1. The minimum atomic E-state index is 0.0724. The molecule has 72 valence electrons. The summed E-state index contributed by atoms with van der Waals surface area (Å²) in [6.45, 7) is 0. The Labute approximate surface area is 97.1 Å². The molecule has 0 saturated heterocycles. The molecule has 0 aliphatic carbocycles. The number of aromatic nitrogens is 2.